The molecule has 11 aromatic rings. The molecule has 2 nitrogen and oxygen atoms in total. The molecule has 67 heavy (non-hydrogen) atoms. The third kappa shape index (κ3) is 4.60. The molecule has 4 aliphatic rings. The number of hydrogen-bond acceptors (Lipinski definition) is 2. The highest BCUT2D eigenvalue weighted by Gasteiger charge is 2.53. The maximum absolute atomic E-state index is 6.94. The predicted molar refractivity (Wildman–Crippen MR) is 277 cm³/mol. The summed E-state index contributed by atoms with van der Waals surface area (Å²) < 4.78 is 6.94. The van der Waals surface area contributed by atoms with E-state index in [1.165, 1.54) is 99.8 Å². The van der Waals surface area contributed by atoms with E-state index in [9.17, 15) is 0 Å². The number of furan rings is 1. The van der Waals surface area contributed by atoms with Gasteiger partial charge in [-0.15, -0.1) is 0 Å². The third-order valence-corrected chi connectivity index (χ3v) is 16.4. The number of anilines is 3. The van der Waals surface area contributed by atoms with Gasteiger partial charge in [0.25, 0.3) is 0 Å². The van der Waals surface area contributed by atoms with E-state index in [0.717, 1.165) is 39.0 Å². The third-order valence-electron chi connectivity index (χ3n) is 16.4. The van der Waals surface area contributed by atoms with Gasteiger partial charge in [-0.2, -0.15) is 0 Å². The predicted octanol–water partition coefficient (Wildman–Crippen LogP) is 17.2. The molecule has 0 bridgehead atoms. The van der Waals surface area contributed by atoms with Crippen LogP contribution in [0.4, 0.5) is 17.1 Å². The zero-order valence-electron chi connectivity index (χ0n) is 37.9. The lowest BCUT2D eigenvalue weighted by Crippen LogP contribution is -2.26. The van der Waals surface area contributed by atoms with E-state index in [1.54, 1.807) is 0 Å². The first kappa shape index (κ1) is 37.3. The van der Waals surface area contributed by atoms with Gasteiger partial charge in [0.2, 0.25) is 0 Å². The molecule has 0 amide bonds. The van der Waals surface area contributed by atoms with Crippen molar-refractivity contribution in [3.8, 4) is 44.5 Å². The molecule has 0 unspecified atom stereocenters. The van der Waals surface area contributed by atoms with Crippen molar-refractivity contribution in [3.05, 3.63) is 245 Å². The van der Waals surface area contributed by atoms with Crippen LogP contribution >= 0.6 is 0 Å². The Kier molecular flexibility index (Phi) is 7.06. The minimum Gasteiger partial charge on any atom is -0.455 e. The van der Waals surface area contributed by atoms with Gasteiger partial charge in [0.1, 0.15) is 11.2 Å². The summed E-state index contributed by atoms with van der Waals surface area (Å²) in [5, 5.41) is 4.86. The van der Waals surface area contributed by atoms with Crippen LogP contribution in [-0.4, -0.2) is 0 Å². The Morgan fingerprint density at radius 2 is 0.806 bits per heavy atom. The van der Waals surface area contributed by atoms with Crippen LogP contribution in [0.3, 0.4) is 0 Å². The summed E-state index contributed by atoms with van der Waals surface area (Å²) in [4.78, 5) is 2.54. The van der Waals surface area contributed by atoms with Crippen molar-refractivity contribution in [3.63, 3.8) is 0 Å². The largest absolute Gasteiger partial charge is 0.455 e. The number of benzene rings is 10. The normalized spacial score (nSPS) is 15.5. The highest BCUT2D eigenvalue weighted by Crippen LogP contribution is 2.65. The minimum absolute atomic E-state index is 0.157. The standard InChI is InChI=1S/C65H45NO/c1-63(2)52-21-11-7-17-43(52)46-28-25-40(35-57(46)63)66(41-26-29-47-51-33-38-15-5-6-16-39(38)34-56(51)64(3,4)58(47)36-41)42-27-30-50-59(37-42)65(53-22-12-8-18-44(53)45-19-9-13-23-54(45)65)55-32-31-49-48-20-10-14-24-60(48)67-62(49)61(50)55/h5-37H,1-4H3. The molecule has 0 aliphatic heterocycles. The van der Waals surface area contributed by atoms with Crippen LogP contribution in [-0.2, 0) is 16.2 Å². The lowest BCUT2D eigenvalue weighted by Gasteiger charge is -2.33. The highest BCUT2D eigenvalue weighted by molar-refractivity contribution is 6.13. The molecule has 1 heterocycles. The Hall–Kier alpha value is -7.94. The van der Waals surface area contributed by atoms with Gasteiger partial charge in [0, 0.05) is 44.2 Å². The van der Waals surface area contributed by atoms with Crippen LogP contribution in [0, 0.1) is 0 Å². The molecule has 10 aromatic carbocycles. The van der Waals surface area contributed by atoms with Gasteiger partial charge < -0.3 is 9.32 Å². The van der Waals surface area contributed by atoms with Crippen molar-refractivity contribution in [2.45, 2.75) is 43.9 Å². The molecule has 15 rings (SSSR count). The molecule has 1 spiro atoms. The number of rotatable bonds is 3. The maximum Gasteiger partial charge on any atom is 0.143 e. The maximum atomic E-state index is 6.94. The van der Waals surface area contributed by atoms with Crippen LogP contribution in [0.15, 0.2) is 205 Å². The Bertz CT molecular complexity index is 3960. The van der Waals surface area contributed by atoms with Crippen molar-refractivity contribution >= 4 is 49.8 Å². The fourth-order valence-electron chi connectivity index (χ4n) is 13.4. The monoisotopic (exact) mass is 855 g/mol. The molecule has 0 fully saturated rings. The van der Waals surface area contributed by atoms with Crippen molar-refractivity contribution in [1.29, 1.82) is 0 Å². The average Bonchev–Trinajstić information content (AvgIpc) is 4.10. The molecule has 1 aromatic heterocycles. The number of para-hydroxylation sites is 1. The SMILES string of the molecule is CC1(C)c2ccccc2-c2ccc(N(c3ccc4c(c3)C(C)(C)c3cc5ccccc5cc3-4)c3ccc4c(c3)C3(c5ccccc5-c5ccccc53)c3ccc5c(oc6ccccc65)c3-4)cc21. The summed E-state index contributed by atoms with van der Waals surface area (Å²) in [5.41, 5.74) is 25.3. The molecule has 4 aliphatic carbocycles. The molecule has 0 atom stereocenters. The van der Waals surface area contributed by atoms with Crippen LogP contribution in [0.5, 0.6) is 0 Å². The number of fused-ring (bicyclic) bond motifs is 21. The van der Waals surface area contributed by atoms with Crippen molar-refractivity contribution < 1.29 is 4.42 Å². The molecule has 0 saturated heterocycles. The summed E-state index contributed by atoms with van der Waals surface area (Å²) >= 11 is 0. The van der Waals surface area contributed by atoms with Crippen molar-refractivity contribution in [2.75, 3.05) is 4.90 Å². The van der Waals surface area contributed by atoms with E-state index >= 15 is 0 Å². The van der Waals surface area contributed by atoms with E-state index < -0.39 is 5.41 Å². The van der Waals surface area contributed by atoms with Gasteiger partial charge in [-0.3, -0.25) is 0 Å². The van der Waals surface area contributed by atoms with Crippen molar-refractivity contribution in [2.24, 2.45) is 0 Å². The van der Waals surface area contributed by atoms with E-state index in [2.05, 4.69) is 233 Å². The van der Waals surface area contributed by atoms with Crippen LogP contribution in [0.25, 0.3) is 77.2 Å². The van der Waals surface area contributed by atoms with Gasteiger partial charge in [-0.05, 0) is 149 Å². The number of hydrogen-bond donors (Lipinski definition) is 0. The van der Waals surface area contributed by atoms with E-state index in [1.807, 2.05) is 0 Å². The highest BCUT2D eigenvalue weighted by atomic mass is 16.3. The van der Waals surface area contributed by atoms with Gasteiger partial charge in [-0.1, -0.05) is 173 Å². The van der Waals surface area contributed by atoms with Crippen LogP contribution in [0.1, 0.15) is 72.2 Å². The zero-order chi connectivity index (χ0) is 44.6. The molecule has 0 radical (unpaired) electrons. The van der Waals surface area contributed by atoms with Crippen molar-refractivity contribution in [1.82, 2.24) is 0 Å². The van der Waals surface area contributed by atoms with Crippen LogP contribution < -0.4 is 4.90 Å². The smallest absolute Gasteiger partial charge is 0.143 e. The Morgan fingerprint density at radius 1 is 0.328 bits per heavy atom. The second-order valence-corrected chi connectivity index (χ2v) is 20.4. The molecular formula is C65H45NO. The topological polar surface area (TPSA) is 16.4 Å². The fraction of sp³-hybridized carbons (Fsp3) is 0.108. The van der Waals surface area contributed by atoms with Gasteiger partial charge in [0.15, 0.2) is 0 Å². The van der Waals surface area contributed by atoms with E-state index in [0.29, 0.717) is 0 Å². The Morgan fingerprint density at radius 3 is 1.48 bits per heavy atom. The van der Waals surface area contributed by atoms with Gasteiger partial charge in [0.05, 0.1) is 5.41 Å². The second-order valence-electron chi connectivity index (χ2n) is 20.4. The van der Waals surface area contributed by atoms with E-state index in [4.69, 9.17) is 4.42 Å². The van der Waals surface area contributed by atoms with E-state index in [-0.39, 0.29) is 10.8 Å². The first-order chi connectivity index (χ1) is 32.7. The molecule has 316 valence electrons. The second kappa shape index (κ2) is 12.7. The van der Waals surface area contributed by atoms with Gasteiger partial charge in [-0.25, -0.2) is 0 Å². The zero-order valence-corrected chi connectivity index (χ0v) is 37.9. The average molecular weight is 856 g/mol. The lowest BCUT2D eigenvalue weighted by atomic mass is 9.70. The summed E-state index contributed by atoms with van der Waals surface area (Å²) in [6.07, 6.45) is 0. The summed E-state index contributed by atoms with van der Waals surface area (Å²) in [7, 11) is 0. The number of nitrogens with zero attached hydrogens (tertiary/aromatic N) is 1. The Labute approximate surface area is 390 Å². The first-order valence-corrected chi connectivity index (χ1v) is 23.7. The molecule has 0 saturated carbocycles. The van der Waals surface area contributed by atoms with Crippen LogP contribution in [0.2, 0.25) is 0 Å². The fourth-order valence-corrected chi connectivity index (χ4v) is 13.4. The molecule has 0 N–H and O–H groups in total. The minimum atomic E-state index is -0.558. The lowest BCUT2D eigenvalue weighted by molar-refractivity contribution is 0.660. The molecular weight excluding hydrogens is 811 g/mol. The Balaban J connectivity index is 1.01. The quantitative estimate of drug-likeness (QED) is 0.176. The summed E-state index contributed by atoms with van der Waals surface area (Å²) in [6.45, 7) is 9.57. The van der Waals surface area contributed by atoms with Gasteiger partial charge >= 0.3 is 0 Å². The molecule has 2 heteroatoms. The summed E-state index contributed by atoms with van der Waals surface area (Å²) in [5.74, 6) is 0. The first-order valence-electron chi connectivity index (χ1n) is 23.7. The summed E-state index contributed by atoms with van der Waals surface area (Å²) in [6, 6.07) is 75.7.